The monoisotopic (exact) mass is 360 g/mol. The van der Waals surface area contributed by atoms with E-state index in [1.165, 1.54) is 0 Å². The number of carbonyl (C=O) groups is 1. The fourth-order valence-corrected chi connectivity index (χ4v) is 3.14. The van der Waals surface area contributed by atoms with Crippen molar-refractivity contribution in [3.63, 3.8) is 0 Å². The van der Waals surface area contributed by atoms with E-state index in [-0.39, 0.29) is 11.9 Å². The Kier molecular flexibility index (Phi) is 6.20. The molecule has 25 heavy (non-hydrogen) atoms. The van der Waals surface area contributed by atoms with Gasteiger partial charge in [0.25, 0.3) is 5.91 Å². The largest absolute Gasteiger partial charge is 0.345 e. The fraction of sp³-hybridized carbons (Fsp3) is 0.316. The lowest BCUT2D eigenvalue weighted by molar-refractivity contribution is 0.0932. The molecule has 2 rings (SSSR count). The molecule has 0 saturated carbocycles. The summed E-state index contributed by atoms with van der Waals surface area (Å²) >= 11 is 0. The van der Waals surface area contributed by atoms with E-state index >= 15 is 0 Å². The third kappa shape index (κ3) is 6.23. The Morgan fingerprint density at radius 3 is 2.12 bits per heavy atom. The summed E-state index contributed by atoms with van der Waals surface area (Å²) in [6, 6.07) is 16.2. The Hall–Kier alpha value is -2.34. The Labute approximate surface area is 149 Å². The second-order valence-corrected chi connectivity index (χ2v) is 8.27. The number of hydrogen-bond donors (Lipinski definition) is 2. The highest BCUT2D eigenvalue weighted by molar-refractivity contribution is 7.92. The Bertz CT molecular complexity index is 800. The summed E-state index contributed by atoms with van der Waals surface area (Å²) in [4.78, 5) is 12.6. The maximum absolute atomic E-state index is 12.6. The van der Waals surface area contributed by atoms with Crippen LogP contribution >= 0.6 is 0 Å². The van der Waals surface area contributed by atoms with Gasteiger partial charge >= 0.3 is 0 Å². The molecule has 0 radical (unpaired) electrons. The van der Waals surface area contributed by atoms with E-state index in [0.29, 0.717) is 17.2 Å². The average Bonchev–Trinajstić information content (AvgIpc) is 2.54. The molecule has 0 saturated heterocycles. The first kappa shape index (κ1) is 19.0. The first-order valence-electron chi connectivity index (χ1n) is 8.18. The molecule has 134 valence electrons. The predicted molar refractivity (Wildman–Crippen MR) is 101 cm³/mol. The van der Waals surface area contributed by atoms with E-state index in [9.17, 15) is 13.2 Å². The van der Waals surface area contributed by atoms with Gasteiger partial charge in [0.15, 0.2) is 0 Å². The highest BCUT2D eigenvalue weighted by atomic mass is 32.2. The lowest BCUT2D eigenvalue weighted by Crippen LogP contribution is -2.29. The minimum atomic E-state index is -3.33. The molecule has 0 aliphatic rings. The van der Waals surface area contributed by atoms with Gasteiger partial charge in [0.2, 0.25) is 10.0 Å². The minimum Gasteiger partial charge on any atom is -0.345 e. The van der Waals surface area contributed by atoms with E-state index < -0.39 is 10.0 Å². The van der Waals surface area contributed by atoms with Crippen molar-refractivity contribution < 1.29 is 13.2 Å². The van der Waals surface area contributed by atoms with Crippen LogP contribution < -0.4 is 10.0 Å². The van der Waals surface area contributed by atoms with Gasteiger partial charge in [-0.05, 0) is 42.2 Å². The normalized spacial score (nSPS) is 12.6. The van der Waals surface area contributed by atoms with Crippen LogP contribution in [0.25, 0.3) is 0 Å². The zero-order valence-corrected chi connectivity index (χ0v) is 15.5. The Morgan fingerprint density at radius 2 is 1.60 bits per heavy atom. The Balaban J connectivity index is 2.12. The van der Waals surface area contributed by atoms with Crippen LogP contribution in [0.5, 0.6) is 0 Å². The summed E-state index contributed by atoms with van der Waals surface area (Å²) in [7, 11) is -3.33. The third-order valence-corrected chi connectivity index (χ3v) is 4.27. The van der Waals surface area contributed by atoms with E-state index in [1.54, 1.807) is 24.3 Å². The van der Waals surface area contributed by atoms with Crippen LogP contribution in [0.3, 0.4) is 0 Å². The quantitative estimate of drug-likeness (QED) is 0.792. The topological polar surface area (TPSA) is 75.3 Å². The molecule has 2 N–H and O–H groups in total. The maximum Gasteiger partial charge on any atom is 0.251 e. The van der Waals surface area contributed by atoms with E-state index in [0.717, 1.165) is 18.2 Å². The summed E-state index contributed by atoms with van der Waals surface area (Å²) in [5, 5.41) is 3.07. The van der Waals surface area contributed by atoms with E-state index in [4.69, 9.17) is 0 Å². The molecule has 0 aromatic heterocycles. The standard InChI is InChI=1S/C19H24N2O3S/c1-14(2)13-18(15-7-5-4-6-8-15)20-19(22)16-9-11-17(12-10-16)21-25(3,23)24/h4-12,14,18,21H,13H2,1-3H3,(H,20,22)/t18-/m1/s1. The predicted octanol–water partition coefficient (Wildman–Crippen LogP) is 3.58. The number of carbonyl (C=O) groups excluding carboxylic acids is 1. The smallest absolute Gasteiger partial charge is 0.251 e. The minimum absolute atomic E-state index is 0.0671. The van der Waals surface area contributed by atoms with Crippen LogP contribution in [0.4, 0.5) is 5.69 Å². The molecular formula is C19H24N2O3S. The van der Waals surface area contributed by atoms with Gasteiger partial charge in [-0.15, -0.1) is 0 Å². The van der Waals surface area contributed by atoms with Gasteiger partial charge in [0.05, 0.1) is 12.3 Å². The molecule has 2 aromatic carbocycles. The van der Waals surface area contributed by atoms with Crippen molar-refractivity contribution in [1.82, 2.24) is 5.32 Å². The molecule has 0 bridgehead atoms. The number of anilines is 1. The molecule has 1 amide bonds. The number of sulfonamides is 1. The van der Waals surface area contributed by atoms with Gasteiger partial charge in [-0.25, -0.2) is 8.42 Å². The van der Waals surface area contributed by atoms with Crippen LogP contribution in [-0.4, -0.2) is 20.6 Å². The number of benzene rings is 2. The van der Waals surface area contributed by atoms with Crippen molar-refractivity contribution in [3.8, 4) is 0 Å². The molecule has 0 heterocycles. The van der Waals surface area contributed by atoms with Crippen LogP contribution in [-0.2, 0) is 10.0 Å². The first-order chi connectivity index (χ1) is 11.7. The molecule has 0 aliphatic carbocycles. The Morgan fingerprint density at radius 1 is 1.00 bits per heavy atom. The molecule has 0 spiro atoms. The van der Waals surface area contributed by atoms with E-state index in [1.807, 2.05) is 30.3 Å². The van der Waals surface area contributed by atoms with Crippen LogP contribution in [0.15, 0.2) is 54.6 Å². The van der Waals surface area contributed by atoms with Crippen molar-refractivity contribution in [2.45, 2.75) is 26.3 Å². The highest BCUT2D eigenvalue weighted by Gasteiger charge is 2.17. The van der Waals surface area contributed by atoms with Gasteiger partial charge in [-0.1, -0.05) is 44.2 Å². The summed E-state index contributed by atoms with van der Waals surface area (Å²) in [6.07, 6.45) is 1.92. The lowest BCUT2D eigenvalue weighted by atomic mass is 9.96. The maximum atomic E-state index is 12.6. The van der Waals surface area contributed by atoms with Gasteiger partial charge in [0, 0.05) is 11.3 Å². The summed E-state index contributed by atoms with van der Waals surface area (Å²) in [5.41, 5.74) is 1.99. The zero-order chi connectivity index (χ0) is 18.4. The third-order valence-electron chi connectivity index (χ3n) is 3.66. The van der Waals surface area contributed by atoms with Crippen molar-refractivity contribution >= 4 is 21.6 Å². The molecular weight excluding hydrogens is 336 g/mol. The molecule has 6 heteroatoms. The molecule has 2 aromatic rings. The summed E-state index contributed by atoms with van der Waals surface area (Å²) < 4.78 is 24.8. The summed E-state index contributed by atoms with van der Waals surface area (Å²) in [6.45, 7) is 4.24. The second-order valence-electron chi connectivity index (χ2n) is 6.52. The van der Waals surface area contributed by atoms with Gasteiger partial charge in [-0.2, -0.15) is 0 Å². The second kappa shape index (κ2) is 8.16. The number of nitrogens with one attached hydrogen (secondary N) is 2. The van der Waals surface area contributed by atoms with Gasteiger partial charge in [0.1, 0.15) is 0 Å². The van der Waals surface area contributed by atoms with Crippen molar-refractivity contribution in [2.24, 2.45) is 5.92 Å². The van der Waals surface area contributed by atoms with Crippen molar-refractivity contribution in [3.05, 3.63) is 65.7 Å². The van der Waals surface area contributed by atoms with Crippen LogP contribution in [0, 0.1) is 5.92 Å². The molecule has 0 fully saturated rings. The number of rotatable bonds is 7. The van der Waals surface area contributed by atoms with Gasteiger partial charge in [-0.3, -0.25) is 9.52 Å². The zero-order valence-electron chi connectivity index (χ0n) is 14.7. The SMILES string of the molecule is CC(C)C[C@@H](NC(=O)c1ccc(NS(C)(=O)=O)cc1)c1ccccc1. The lowest BCUT2D eigenvalue weighted by Gasteiger charge is -2.21. The molecule has 5 nitrogen and oxygen atoms in total. The summed E-state index contributed by atoms with van der Waals surface area (Å²) in [5.74, 6) is 0.257. The fourth-order valence-electron chi connectivity index (χ4n) is 2.58. The molecule has 1 atom stereocenters. The van der Waals surface area contributed by atoms with Crippen molar-refractivity contribution in [1.29, 1.82) is 0 Å². The number of amides is 1. The highest BCUT2D eigenvalue weighted by Crippen LogP contribution is 2.22. The van der Waals surface area contributed by atoms with Crippen LogP contribution in [0.1, 0.15) is 42.2 Å². The average molecular weight is 360 g/mol. The van der Waals surface area contributed by atoms with Gasteiger partial charge < -0.3 is 5.32 Å². The first-order valence-corrected chi connectivity index (χ1v) is 10.1. The molecule has 0 aliphatic heterocycles. The molecule has 0 unspecified atom stereocenters. The number of hydrogen-bond acceptors (Lipinski definition) is 3. The van der Waals surface area contributed by atoms with Crippen molar-refractivity contribution in [2.75, 3.05) is 11.0 Å². The van der Waals surface area contributed by atoms with E-state index in [2.05, 4.69) is 23.9 Å². The van der Waals surface area contributed by atoms with Crippen LogP contribution in [0.2, 0.25) is 0 Å².